The SMILES string of the molecule is COC(=O)c1cc(-c2csc(Nc3cccc(Cl)c3Cl)n2)c(SC)s1. The zero-order valence-electron chi connectivity index (χ0n) is 13.1. The average molecular weight is 431 g/mol. The van der Waals surface area contributed by atoms with Gasteiger partial charge in [-0.3, -0.25) is 0 Å². The molecule has 0 bridgehead atoms. The van der Waals surface area contributed by atoms with Gasteiger partial charge in [0.05, 0.1) is 32.7 Å². The predicted octanol–water partition coefficient (Wildman–Crippen LogP) is 6.43. The van der Waals surface area contributed by atoms with Crippen LogP contribution in [0.4, 0.5) is 10.8 Å². The molecule has 25 heavy (non-hydrogen) atoms. The van der Waals surface area contributed by atoms with Crippen LogP contribution in [-0.4, -0.2) is 24.3 Å². The second kappa shape index (κ2) is 7.97. The Morgan fingerprint density at radius 2 is 2.16 bits per heavy atom. The number of carbonyl (C=O) groups excluding carboxylic acids is 1. The number of anilines is 2. The number of esters is 1. The first kappa shape index (κ1) is 18.5. The first-order valence-electron chi connectivity index (χ1n) is 6.96. The molecule has 3 aromatic rings. The molecule has 0 fully saturated rings. The van der Waals surface area contributed by atoms with Crippen molar-refractivity contribution in [1.82, 2.24) is 4.98 Å². The van der Waals surface area contributed by atoms with Crippen LogP contribution in [-0.2, 0) is 4.74 Å². The van der Waals surface area contributed by atoms with E-state index in [0.29, 0.717) is 25.7 Å². The quantitative estimate of drug-likeness (QED) is 0.373. The van der Waals surface area contributed by atoms with Gasteiger partial charge >= 0.3 is 5.97 Å². The van der Waals surface area contributed by atoms with Crippen LogP contribution in [0.5, 0.6) is 0 Å². The summed E-state index contributed by atoms with van der Waals surface area (Å²) in [4.78, 5) is 16.9. The first-order chi connectivity index (χ1) is 12.0. The fourth-order valence-corrected chi connectivity index (χ4v) is 4.95. The maximum Gasteiger partial charge on any atom is 0.348 e. The van der Waals surface area contributed by atoms with Crippen molar-refractivity contribution in [2.45, 2.75) is 4.21 Å². The van der Waals surface area contributed by atoms with Crippen molar-refractivity contribution in [1.29, 1.82) is 0 Å². The number of aromatic nitrogens is 1. The Bertz CT molecular complexity index is 924. The lowest BCUT2D eigenvalue weighted by Gasteiger charge is -2.05. The van der Waals surface area contributed by atoms with Crippen molar-refractivity contribution in [3.8, 4) is 11.3 Å². The summed E-state index contributed by atoms with van der Waals surface area (Å²) in [6.07, 6.45) is 1.97. The Kier molecular flexibility index (Phi) is 5.91. The van der Waals surface area contributed by atoms with Gasteiger partial charge < -0.3 is 10.1 Å². The molecule has 2 heterocycles. The zero-order chi connectivity index (χ0) is 18.0. The predicted molar refractivity (Wildman–Crippen MR) is 108 cm³/mol. The number of thioether (sulfide) groups is 1. The molecule has 0 aliphatic heterocycles. The Balaban J connectivity index is 1.90. The molecule has 3 rings (SSSR count). The molecule has 0 radical (unpaired) electrons. The molecular weight excluding hydrogens is 419 g/mol. The van der Waals surface area contributed by atoms with Crippen molar-refractivity contribution in [2.75, 3.05) is 18.7 Å². The van der Waals surface area contributed by atoms with Gasteiger partial charge in [0, 0.05) is 10.9 Å². The van der Waals surface area contributed by atoms with Crippen LogP contribution in [0.3, 0.4) is 0 Å². The van der Waals surface area contributed by atoms with Gasteiger partial charge in [-0.05, 0) is 24.5 Å². The van der Waals surface area contributed by atoms with E-state index in [0.717, 1.165) is 15.5 Å². The fourth-order valence-electron chi connectivity index (χ4n) is 2.08. The zero-order valence-corrected chi connectivity index (χ0v) is 17.1. The molecule has 0 aliphatic rings. The third-order valence-corrected chi connectivity index (χ3v) is 7.07. The van der Waals surface area contributed by atoms with E-state index in [1.165, 1.54) is 29.8 Å². The van der Waals surface area contributed by atoms with Crippen LogP contribution < -0.4 is 5.32 Å². The summed E-state index contributed by atoms with van der Waals surface area (Å²) < 4.78 is 5.81. The first-order valence-corrected chi connectivity index (χ1v) is 10.6. The lowest BCUT2D eigenvalue weighted by atomic mass is 10.2. The van der Waals surface area contributed by atoms with Crippen LogP contribution in [0, 0.1) is 0 Å². The molecule has 0 saturated heterocycles. The molecule has 2 aromatic heterocycles. The Labute approximate surface area is 167 Å². The molecule has 0 saturated carbocycles. The lowest BCUT2D eigenvalue weighted by Crippen LogP contribution is -1.96. The monoisotopic (exact) mass is 430 g/mol. The highest BCUT2D eigenvalue weighted by Gasteiger charge is 2.18. The number of carbonyl (C=O) groups is 1. The van der Waals surface area contributed by atoms with Crippen LogP contribution in [0.2, 0.25) is 10.0 Å². The second-order valence-corrected chi connectivity index (χ2v) is 8.54. The smallest absolute Gasteiger partial charge is 0.348 e. The number of hydrogen-bond donors (Lipinski definition) is 1. The van der Waals surface area contributed by atoms with E-state index in [2.05, 4.69) is 10.3 Å². The summed E-state index contributed by atoms with van der Waals surface area (Å²) >= 11 is 16.7. The summed E-state index contributed by atoms with van der Waals surface area (Å²) in [5.74, 6) is -0.342. The van der Waals surface area contributed by atoms with Crippen molar-refractivity contribution < 1.29 is 9.53 Å². The molecule has 0 atom stereocenters. The van der Waals surface area contributed by atoms with Crippen LogP contribution in [0.1, 0.15) is 9.67 Å². The van der Waals surface area contributed by atoms with E-state index in [1.54, 1.807) is 17.8 Å². The Morgan fingerprint density at radius 1 is 1.36 bits per heavy atom. The van der Waals surface area contributed by atoms with Gasteiger partial charge in [-0.1, -0.05) is 29.3 Å². The number of nitrogens with zero attached hydrogens (tertiary/aromatic N) is 1. The fraction of sp³-hybridized carbons (Fsp3) is 0.125. The second-order valence-electron chi connectivity index (χ2n) is 4.77. The molecule has 0 amide bonds. The Hall–Kier alpha value is -1.25. The number of thiophene rings is 1. The minimum Gasteiger partial charge on any atom is -0.465 e. The van der Waals surface area contributed by atoms with Crippen molar-refractivity contribution >= 4 is 74.4 Å². The largest absolute Gasteiger partial charge is 0.465 e. The highest BCUT2D eigenvalue weighted by molar-refractivity contribution is 8.00. The van der Waals surface area contributed by atoms with Crippen molar-refractivity contribution in [3.05, 3.63) is 44.6 Å². The number of rotatable bonds is 5. The van der Waals surface area contributed by atoms with Gasteiger partial charge in [-0.2, -0.15) is 0 Å². The Morgan fingerprint density at radius 3 is 2.88 bits per heavy atom. The molecule has 4 nitrogen and oxygen atoms in total. The van der Waals surface area contributed by atoms with E-state index >= 15 is 0 Å². The maximum absolute atomic E-state index is 11.8. The summed E-state index contributed by atoms with van der Waals surface area (Å²) in [5.41, 5.74) is 2.40. The van der Waals surface area contributed by atoms with Gasteiger partial charge in [-0.25, -0.2) is 9.78 Å². The topological polar surface area (TPSA) is 51.2 Å². The standard InChI is InChI=1S/C16H12Cl2N2O2S3/c1-22-14(21)12-6-8(15(23-2)25-12)11-7-24-16(20-11)19-10-5-3-4-9(17)13(10)18/h3-7H,1-2H3,(H,19,20). The van der Waals surface area contributed by atoms with Gasteiger partial charge in [0.1, 0.15) is 4.88 Å². The molecule has 130 valence electrons. The van der Waals surface area contributed by atoms with Gasteiger partial charge in [-0.15, -0.1) is 34.4 Å². The number of ether oxygens (including phenoxy) is 1. The van der Waals surface area contributed by atoms with Gasteiger partial charge in [0.2, 0.25) is 0 Å². The summed E-state index contributed by atoms with van der Waals surface area (Å²) in [6, 6.07) is 7.20. The highest BCUT2D eigenvalue weighted by atomic mass is 35.5. The number of nitrogens with one attached hydrogen (secondary N) is 1. The van der Waals surface area contributed by atoms with E-state index in [9.17, 15) is 4.79 Å². The van der Waals surface area contributed by atoms with E-state index < -0.39 is 0 Å². The van der Waals surface area contributed by atoms with Crippen LogP contribution >= 0.6 is 57.6 Å². The van der Waals surface area contributed by atoms with E-state index in [-0.39, 0.29) is 5.97 Å². The summed E-state index contributed by atoms with van der Waals surface area (Å²) in [6.45, 7) is 0. The summed E-state index contributed by atoms with van der Waals surface area (Å²) in [7, 11) is 1.38. The number of hydrogen-bond acceptors (Lipinski definition) is 7. The van der Waals surface area contributed by atoms with Crippen molar-refractivity contribution in [3.63, 3.8) is 0 Å². The number of thiazole rings is 1. The minimum absolute atomic E-state index is 0.342. The molecule has 1 aromatic carbocycles. The molecule has 1 N–H and O–H groups in total. The molecule has 9 heteroatoms. The third-order valence-electron chi connectivity index (χ3n) is 3.24. The van der Waals surface area contributed by atoms with Crippen LogP contribution in [0.25, 0.3) is 11.3 Å². The molecule has 0 aliphatic carbocycles. The number of methoxy groups -OCH3 is 1. The number of halogens is 2. The minimum atomic E-state index is -0.342. The average Bonchev–Trinajstić information content (AvgIpc) is 3.24. The molecular formula is C16H12Cl2N2O2S3. The highest BCUT2D eigenvalue weighted by Crippen LogP contribution is 2.40. The van der Waals surface area contributed by atoms with Gasteiger partial charge in [0.25, 0.3) is 0 Å². The number of benzene rings is 1. The van der Waals surface area contributed by atoms with Gasteiger partial charge in [0.15, 0.2) is 5.13 Å². The molecule has 0 spiro atoms. The lowest BCUT2D eigenvalue weighted by molar-refractivity contribution is 0.0606. The third kappa shape index (κ3) is 3.96. The van der Waals surface area contributed by atoms with E-state index in [1.807, 2.05) is 29.8 Å². The molecule has 0 unspecified atom stereocenters. The van der Waals surface area contributed by atoms with E-state index in [4.69, 9.17) is 27.9 Å². The summed E-state index contributed by atoms with van der Waals surface area (Å²) in [5, 5.41) is 6.74. The normalized spacial score (nSPS) is 10.7. The van der Waals surface area contributed by atoms with Crippen molar-refractivity contribution in [2.24, 2.45) is 0 Å². The van der Waals surface area contributed by atoms with Crippen LogP contribution in [0.15, 0.2) is 33.9 Å². The maximum atomic E-state index is 11.8.